The molecule has 1 heterocycles. The SMILES string of the molecule is CC.CC(C)c1ccc(C(=O)NCCN2CCOCC2)cc1. The summed E-state index contributed by atoms with van der Waals surface area (Å²) in [6, 6.07) is 7.86. The fraction of sp³-hybridized carbons (Fsp3) is 0.611. The van der Waals surface area contributed by atoms with Gasteiger partial charge in [0, 0.05) is 31.7 Å². The van der Waals surface area contributed by atoms with E-state index in [0.29, 0.717) is 12.5 Å². The zero-order valence-electron chi connectivity index (χ0n) is 14.4. The van der Waals surface area contributed by atoms with Gasteiger partial charge < -0.3 is 10.1 Å². The number of benzene rings is 1. The topological polar surface area (TPSA) is 41.6 Å². The van der Waals surface area contributed by atoms with E-state index in [0.717, 1.165) is 38.4 Å². The highest BCUT2D eigenvalue weighted by molar-refractivity contribution is 5.94. The largest absolute Gasteiger partial charge is 0.379 e. The van der Waals surface area contributed by atoms with Gasteiger partial charge in [0.1, 0.15) is 0 Å². The third-order valence-electron chi connectivity index (χ3n) is 3.66. The van der Waals surface area contributed by atoms with Crippen molar-refractivity contribution in [2.24, 2.45) is 0 Å². The Hall–Kier alpha value is -1.39. The van der Waals surface area contributed by atoms with Crippen molar-refractivity contribution in [2.45, 2.75) is 33.6 Å². The Morgan fingerprint density at radius 3 is 2.32 bits per heavy atom. The van der Waals surface area contributed by atoms with Crippen LogP contribution in [0, 0.1) is 0 Å². The second-order valence-electron chi connectivity index (χ2n) is 5.49. The molecule has 1 aromatic carbocycles. The van der Waals surface area contributed by atoms with E-state index < -0.39 is 0 Å². The van der Waals surface area contributed by atoms with Crippen LogP contribution in [0.25, 0.3) is 0 Å². The van der Waals surface area contributed by atoms with Gasteiger partial charge in [0.25, 0.3) is 5.91 Å². The van der Waals surface area contributed by atoms with Crippen molar-refractivity contribution in [3.63, 3.8) is 0 Å². The lowest BCUT2D eigenvalue weighted by Gasteiger charge is -2.26. The van der Waals surface area contributed by atoms with Crippen LogP contribution in [0.1, 0.15) is 49.5 Å². The zero-order chi connectivity index (χ0) is 16.4. The predicted molar refractivity (Wildman–Crippen MR) is 91.5 cm³/mol. The minimum Gasteiger partial charge on any atom is -0.379 e. The van der Waals surface area contributed by atoms with E-state index in [1.165, 1.54) is 5.56 Å². The van der Waals surface area contributed by atoms with Gasteiger partial charge in [-0.2, -0.15) is 0 Å². The fourth-order valence-electron chi connectivity index (χ4n) is 2.27. The van der Waals surface area contributed by atoms with Crippen molar-refractivity contribution < 1.29 is 9.53 Å². The standard InChI is InChI=1S/C16H24N2O2.C2H6/c1-13(2)14-3-5-15(6-4-14)16(19)17-7-8-18-9-11-20-12-10-18;1-2/h3-6,13H,7-12H2,1-2H3,(H,17,19);1-2H3. The maximum absolute atomic E-state index is 12.0. The van der Waals surface area contributed by atoms with Gasteiger partial charge in [-0.15, -0.1) is 0 Å². The summed E-state index contributed by atoms with van der Waals surface area (Å²) in [5.74, 6) is 0.502. The van der Waals surface area contributed by atoms with Crippen molar-refractivity contribution in [3.05, 3.63) is 35.4 Å². The van der Waals surface area contributed by atoms with Crippen LogP contribution in [0.4, 0.5) is 0 Å². The van der Waals surface area contributed by atoms with Gasteiger partial charge in [-0.3, -0.25) is 9.69 Å². The molecule has 1 saturated heterocycles. The number of nitrogens with zero attached hydrogens (tertiary/aromatic N) is 1. The van der Waals surface area contributed by atoms with Crippen LogP contribution in [-0.4, -0.2) is 50.2 Å². The number of carbonyl (C=O) groups excluding carboxylic acids is 1. The second-order valence-corrected chi connectivity index (χ2v) is 5.49. The summed E-state index contributed by atoms with van der Waals surface area (Å²) in [7, 11) is 0. The van der Waals surface area contributed by atoms with Crippen molar-refractivity contribution in [3.8, 4) is 0 Å². The molecule has 0 spiro atoms. The molecule has 0 aliphatic carbocycles. The normalized spacial score (nSPS) is 15.1. The van der Waals surface area contributed by atoms with Crippen molar-refractivity contribution in [1.29, 1.82) is 0 Å². The molecule has 4 nitrogen and oxygen atoms in total. The Bertz CT molecular complexity index is 423. The molecule has 1 N–H and O–H groups in total. The monoisotopic (exact) mass is 306 g/mol. The van der Waals surface area contributed by atoms with Crippen LogP contribution in [0.5, 0.6) is 0 Å². The molecule has 1 aliphatic rings. The summed E-state index contributed by atoms with van der Waals surface area (Å²) >= 11 is 0. The number of morpholine rings is 1. The number of hydrogen-bond acceptors (Lipinski definition) is 3. The van der Waals surface area contributed by atoms with Crippen LogP contribution in [0.2, 0.25) is 0 Å². The Morgan fingerprint density at radius 2 is 1.77 bits per heavy atom. The van der Waals surface area contributed by atoms with Gasteiger partial charge in [-0.1, -0.05) is 39.8 Å². The van der Waals surface area contributed by atoms with Gasteiger partial charge in [-0.05, 0) is 23.6 Å². The van der Waals surface area contributed by atoms with Crippen LogP contribution in [0.15, 0.2) is 24.3 Å². The molecule has 0 radical (unpaired) electrons. The van der Waals surface area contributed by atoms with Crippen LogP contribution >= 0.6 is 0 Å². The number of nitrogens with one attached hydrogen (secondary N) is 1. The smallest absolute Gasteiger partial charge is 0.251 e. The highest BCUT2D eigenvalue weighted by Gasteiger charge is 2.11. The van der Waals surface area contributed by atoms with Crippen molar-refractivity contribution in [1.82, 2.24) is 10.2 Å². The lowest BCUT2D eigenvalue weighted by Crippen LogP contribution is -2.41. The Morgan fingerprint density at radius 1 is 1.18 bits per heavy atom. The summed E-state index contributed by atoms with van der Waals surface area (Å²) < 4.78 is 5.30. The average molecular weight is 306 g/mol. The number of hydrogen-bond donors (Lipinski definition) is 1. The summed E-state index contributed by atoms with van der Waals surface area (Å²) in [6.07, 6.45) is 0. The summed E-state index contributed by atoms with van der Waals surface area (Å²) in [5.41, 5.74) is 1.99. The Balaban J connectivity index is 0.00000116. The molecule has 0 unspecified atom stereocenters. The minimum atomic E-state index is 0.00793. The minimum absolute atomic E-state index is 0.00793. The molecule has 1 amide bonds. The molecule has 0 aromatic heterocycles. The number of carbonyl (C=O) groups is 1. The highest BCUT2D eigenvalue weighted by atomic mass is 16.5. The van der Waals surface area contributed by atoms with E-state index in [9.17, 15) is 4.79 Å². The lowest BCUT2D eigenvalue weighted by atomic mass is 10.0. The highest BCUT2D eigenvalue weighted by Crippen LogP contribution is 2.14. The molecule has 1 fully saturated rings. The summed E-state index contributed by atoms with van der Waals surface area (Å²) in [6.45, 7) is 13.4. The van der Waals surface area contributed by atoms with E-state index in [4.69, 9.17) is 4.74 Å². The first-order valence-electron chi connectivity index (χ1n) is 8.35. The molecule has 22 heavy (non-hydrogen) atoms. The van der Waals surface area contributed by atoms with E-state index in [2.05, 4.69) is 24.1 Å². The van der Waals surface area contributed by atoms with Crippen LogP contribution < -0.4 is 5.32 Å². The first-order valence-corrected chi connectivity index (χ1v) is 8.35. The fourth-order valence-corrected chi connectivity index (χ4v) is 2.27. The second kappa shape index (κ2) is 10.4. The molecule has 0 bridgehead atoms. The molecule has 0 atom stereocenters. The molecule has 1 aliphatic heterocycles. The summed E-state index contributed by atoms with van der Waals surface area (Å²) in [4.78, 5) is 14.3. The molecule has 0 saturated carbocycles. The third-order valence-corrected chi connectivity index (χ3v) is 3.66. The molecular weight excluding hydrogens is 276 g/mol. The lowest BCUT2D eigenvalue weighted by molar-refractivity contribution is 0.0383. The molecule has 1 aromatic rings. The number of ether oxygens (including phenoxy) is 1. The van der Waals surface area contributed by atoms with E-state index >= 15 is 0 Å². The number of rotatable bonds is 5. The average Bonchev–Trinajstić information content (AvgIpc) is 2.57. The molecule has 2 rings (SSSR count). The molecule has 124 valence electrons. The molecular formula is C18H30N2O2. The van der Waals surface area contributed by atoms with Crippen molar-refractivity contribution in [2.75, 3.05) is 39.4 Å². The quantitative estimate of drug-likeness (QED) is 0.909. The third kappa shape index (κ3) is 6.16. The van der Waals surface area contributed by atoms with Gasteiger partial charge in [0.15, 0.2) is 0 Å². The van der Waals surface area contributed by atoms with Crippen molar-refractivity contribution >= 4 is 5.91 Å². The first-order chi connectivity index (χ1) is 10.7. The first kappa shape index (κ1) is 18.7. The maximum Gasteiger partial charge on any atom is 0.251 e. The van der Waals surface area contributed by atoms with E-state index in [1.54, 1.807) is 0 Å². The maximum atomic E-state index is 12.0. The van der Waals surface area contributed by atoms with Gasteiger partial charge >= 0.3 is 0 Å². The van der Waals surface area contributed by atoms with Crippen LogP contribution in [0.3, 0.4) is 0 Å². The zero-order valence-corrected chi connectivity index (χ0v) is 14.4. The summed E-state index contributed by atoms with van der Waals surface area (Å²) in [5, 5.41) is 2.97. The van der Waals surface area contributed by atoms with E-state index in [-0.39, 0.29) is 5.91 Å². The van der Waals surface area contributed by atoms with Gasteiger partial charge in [0.2, 0.25) is 0 Å². The van der Waals surface area contributed by atoms with Crippen LogP contribution in [-0.2, 0) is 4.74 Å². The predicted octanol–water partition coefficient (Wildman–Crippen LogP) is 2.90. The van der Waals surface area contributed by atoms with E-state index in [1.807, 2.05) is 38.1 Å². The Labute approximate surface area is 134 Å². The Kier molecular flexibility index (Phi) is 8.78. The van der Waals surface area contributed by atoms with Gasteiger partial charge in [0.05, 0.1) is 13.2 Å². The van der Waals surface area contributed by atoms with Gasteiger partial charge in [-0.25, -0.2) is 0 Å². The molecule has 4 heteroatoms. The number of amides is 1.